The van der Waals surface area contributed by atoms with Crippen molar-refractivity contribution in [1.82, 2.24) is 10.1 Å². The van der Waals surface area contributed by atoms with Crippen molar-refractivity contribution >= 4 is 17.3 Å². The number of anilines is 1. The molecule has 1 fully saturated rings. The quantitative estimate of drug-likeness (QED) is 0.465. The highest BCUT2D eigenvalue weighted by molar-refractivity contribution is 5.96. The molecule has 3 rings (SSSR count). The largest absolute Gasteiger partial charge is 0.452 e. The molecule has 0 bridgehead atoms. The average Bonchev–Trinajstić information content (AvgIpc) is 3.23. The van der Waals surface area contributed by atoms with Gasteiger partial charge in [-0.25, -0.2) is 4.79 Å². The number of ether oxygens (including phenoxy) is 1. The number of nitrogens with zero attached hydrogens (tertiary/aromatic N) is 4. The van der Waals surface area contributed by atoms with Crippen molar-refractivity contribution in [2.75, 3.05) is 18.0 Å². The zero-order valence-corrected chi connectivity index (χ0v) is 13.1. The van der Waals surface area contributed by atoms with Crippen molar-refractivity contribution < 1.29 is 19.0 Å². The SMILES string of the molecule is Cc1noc(COC(=O)c2cc([N+](=O)[O-])ccc2N2CCCC2)n1. The molecule has 0 aliphatic carbocycles. The average molecular weight is 332 g/mol. The van der Waals surface area contributed by atoms with Crippen LogP contribution in [0.3, 0.4) is 0 Å². The number of hydrogen-bond acceptors (Lipinski definition) is 8. The lowest BCUT2D eigenvalue weighted by Crippen LogP contribution is -2.21. The highest BCUT2D eigenvalue weighted by Crippen LogP contribution is 2.29. The molecule has 0 spiro atoms. The number of esters is 1. The van der Waals surface area contributed by atoms with Gasteiger partial charge in [0, 0.05) is 25.2 Å². The summed E-state index contributed by atoms with van der Waals surface area (Å²) in [6, 6.07) is 4.23. The number of aryl methyl sites for hydroxylation is 1. The normalized spacial score (nSPS) is 14.0. The second-order valence-corrected chi connectivity index (χ2v) is 5.46. The minimum atomic E-state index is -0.656. The predicted octanol–water partition coefficient (Wildman–Crippen LogP) is 2.24. The first-order chi connectivity index (χ1) is 11.5. The van der Waals surface area contributed by atoms with Gasteiger partial charge in [0.25, 0.3) is 11.6 Å². The van der Waals surface area contributed by atoms with Crippen LogP contribution in [0.1, 0.15) is 34.9 Å². The van der Waals surface area contributed by atoms with Crippen molar-refractivity contribution in [1.29, 1.82) is 0 Å². The van der Waals surface area contributed by atoms with Crippen LogP contribution < -0.4 is 4.90 Å². The number of carbonyl (C=O) groups excluding carboxylic acids is 1. The number of hydrogen-bond donors (Lipinski definition) is 0. The van der Waals surface area contributed by atoms with E-state index in [4.69, 9.17) is 9.26 Å². The summed E-state index contributed by atoms with van der Waals surface area (Å²) in [5.74, 6) is -0.0420. The topological polar surface area (TPSA) is 112 Å². The summed E-state index contributed by atoms with van der Waals surface area (Å²) in [6.07, 6.45) is 2.04. The van der Waals surface area contributed by atoms with Gasteiger partial charge in [0.2, 0.25) is 0 Å². The summed E-state index contributed by atoms with van der Waals surface area (Å²) in [4.78, 5) is 28.9. The minimum Gasteiger partial charge on any atom is -0.452 e. The summed E-state index contributed by atoms with van der Waals surface area (Å²) >= 11 is 0. The van der Waals surface area contributed by atoms with Crippen molar-refractivity contribution in [2.24, 2.45) is 0 Å². The van der Waals surface area contributed by atoms with Crippen molar-refractivity contribution in [3.05, 3.63) is 45.6 Å². The molecule has 9 heteroatoms. The molecule has 1 aliphatic rings. The third kappa shape index (κ3) is 3.34. The summed E-state index contributed by atoms with van der Waals surface area (Å²) in [7, 11) is 0. The zero-order chi connectivity index (χ0) is 17.1. The van der Waals surface area contributed by atoms with Gasteiger partial charge in [0.05, 0.1) is 16.2 Å². The first kappa shape index (κ1) is 15.9. The molecule has 9 nitrogen and oxygen atoms in total. The molecular weight excluding hydrogens is 316 g/mol. The fourth-order valence-corrected chi connectivity index (χ4v) is 2.64. The van der Waals surface area contributed by atoms with Crippen LogP contribution >= 0.6 is 0 Å². The Kier molecular flexibility index (Phi) is 4.41. The van der Waals surface area contributed by atoms with E-state index in [2.05, 4.69) is 10.1 Å². The van der Waals surface area contributed by atoms with Gasteiger partial charge in [0.1, 0.15) is 0 Å². The fraction of sp³-hybridized carbons (Fsp3) is 0.400. The van der Waals surface area contributed by atoms with Crippen molar-refractivity contribution in [3.8, 4) is 0 Å². The van der Waals surface area contributed by atoms with Crippen LogP contribution in [-0.4, -0.2) is 34.1 Å². The van der Waals surface area contributed by atoms with Crippen molar-refractivity contribution in [3.63, 3.8) is 0 Å². The summed E-state index contributed by atoms with van der Waals surface area (Å²) in [5, 5.41) is 14.6. The first-order valence-electron chi connectivity index (χ1n) is 7.54. The van der Waals surface area contributed by atoms with Crippen LogP contribution in [0.2, 0.25) is 0 Å². The van der Waals surface area contributed by atoms with E-state index >= 15 is 0 Å². The Balaban J connectivity index is 1.83. The number of benzene rings is 1. The number of nitro groups is 1. The molecule has 1 saturated heterocycles. The third-order valence-electron chi connectivity index (χ3n) is 3.75. The summed E-state index contributed by atoms with van der Waals surface area (Å²) < 4.78 is 10.1. The van der Waals surface area contributed by atoms with E-state index in [0.717, 1.165) is 25.9 Å². The lowest BCUT2D eigenvalue weighted by Gasteiger charge is -2.20. The highest BCUT2D eigenvalue weighted by atomic mass is 16.6. The van der Waals surface area contributed by atoms with E-state index in [1.54, 1.807) is 13.0 Å². The lowest BCUT2D eigenvalue weighted by atomic mass is 10.1. The van der Waals surface area contributed by atoms with Gasteiger partial charge in [-0.15, -0.1) is 0 Å². The standard InChI is InChI=1S/C15H16N4O5/c1-10-16-14(24-17-10)9-23-15(20)12-8-11(19(21)22)4-5-13(12)18-6-2-3-7-18/h4-5,8H,2-3,6-7,9H2,1H3. The Morgan fingerprint density at radius 3 is 2.79 bits per heavy atom. The van der Waals surface area contributed by atoms with E-state index in [0.29, 0.717) is 11.5 Å². The Labute approximate surface area is 137 Å². The number of aromatic nitrogens is 2. The molecule has 2 heterocycles. The first-order valence-corrected chi connectivity index (χ1v) is 7.54. The maximum atomic E-state index is 12.4. The Hall–Kier alpha value is -2.97. The second kappa shape index (κ2) is 6.65. The Morgan fingerprint density at radius 1 is 1.42 bits per heavy atom. The number of non-ortho nitro benzene ring substituents is 1. The monoisotopic (exact) mass is 332 g/mol. The molecule has 0 atom stereocenters. The molecule has 0 amide bonds. The van der Waals surface area contributed by atoms with Gasteiger partial charge in [-0.2, -0.15) is 4.98 Å². The van der Waals surface area contributed by atoms with E-state index in [1.165, 1.54) is 12.1 Å². The van der Waals surface area contributed by atoms with Crippen LogP contribution in [0, 0.1) is 17.0 Å². The predicted molar refractivity (Wildman–Crippen MR) is 82.7 cm³/mol. The van der Waals surface area contributed by atoms with Crippen LogP contribution in [-0.2, 0) is 11.3 Å². The van der Waals surface area contributed by atoms with Crippen LogP contribution in [0.25, 0.3) is 0 Å². The van der Waals surface area contributed by atoms with Gasteiger partial charge in [-0.05, 0) is 25.8 Å². The third-order valence-corrected chi connectivity index (χ3v) is 3.75. The molecule has 1 aromatic carbocycles. The highest BCUT2D eigenvalue weighted by Gasteiger charge is 2.24. The van der Waals surface area contributed by atoms with Gasteiger partial charge in [-0.3, -0.25) is 10.1 Å². The van der Waals surface area contributed by atoms with Crippen LogP contribution in [0.4, 0.5) is 11.4 Å². The summed E-state index contributed by atoms with van der Waals surface area (Å²) in [5.41, 5.74) is 0.658. The molecule has 0 radical (unpaired) electrons. The summed E-state index contributed by atoms with van der Waals surface area (Å²) in [6.45, 7) is 3.09. The molecule has 0 N–H and O–H groups in total. The van der Waals surface area contributed by atoms with E-state index in [-0.39, 0.29) is 23.7 Å². The van der Waals surface area contributed by atoms with Gasteiger partial charge in [-0.1, -0.05) is 5.16 Å². The molecular formula is C15H16N4O5. The second-order valence-electron chi connectivity index (χ2n) is 5.46. The van der Waals surface area contributed by atoms with E-state index in [1.807, 2.05) is 4.90 Å². The zero-order valence-electron chi connectivity index (χ0n) is 13.1. The smallest absolute Gasteiger partial charge is 0.341 e. The number of nitro benzene ring substituents is 1. The van der Waals surface area contributed by atoms with E-state index in [9.17, 15) is 14.9 Å². The molecule has 1 aromatic heterocycles. The lowest BCUT2D eigenvalue weighted by molar-refractivity contribution is -0.384. The fourth-order valence-electron chi connectivity index (χ4n) is 2.64. The molecule has 2 aromatic rings. The van der Waals surface area contributed by atoms with Crippen LogP contribution in [0.15, 0.2) is 22.7 Å². The molecule has 24 heavy (non-hydrogen) atoms. The van der Waals surface area contributed by atoms with Crippen LogP contribution in [0.5, 0.6) is 0 Å². The molecule has 1 aliphatic heterocycles. The molecule has 126 valence electrons. The molecule has 0 unspecified atom stereocenters. The molecule has 0 saturated carbocycles. The Morgan fingerprint density at radius 2 is 2.17 bits per heavy atom. The van der Waals surface area contributed by atoms with Crippen molar-refractivity contribution in [2.45, 2.75) is 26.4 Å². The number of carbonyl (C=O) groups is 1. The minimum absolute atomic E-state index is 0.154. The number of rotatable bonds is 5. The maximum absolute atomic E-state index is 12.4. The Bertz CT molecular complexity index is 767. The van der Waals surface area contributed by atoms with Gasteiger partial charge in [0.15, 0.2) is 12.4 Å². The maximum Gasteiger partial charge on any atom is 0.341 e. The van der Waals surface area contributed by atoms with E-state index < -0.39 is 10.9 Å². The van der Waals surface area contributed by atoms with Gasteiger partial charge >= 0.3 is 5.97 Å². The van der Waals surface area contributed by atoms with Gasteiger partial charge < -0.3 is 14.2 Å².